The van der Waals surface area contributed by atoms with Crippen LogP contribution in [-0.2, 0) is 7.05 Å². The van der Waals surface area contributed by atoms with E-state index in [1.165, 1.54) is 0 Å². The van der Waals surface area contributed by atoms with Crippen molar-refractivity contribution in [1.82, 2.24) is 19.7 Å². The third-order valence-corrected chi connectivity index (χ3v) is 4.39. The Kier molecular flexibility index (Phi) is 3.48. The molecule has 1 aliphatic rings. The fourth-order valence-corrected chi connectivity index (χ4v) is 3.13. The summed E-state index contributed by atoms with van der Waals surface area (Å²) in [6, 6.07) is 8.43. The highest BCUT2D eigenvalue weighted by atomic mass is 16.4. The Morgan fingerprint density at radius 3 is 2.83 bits per heavy atom. The average molecular weight is 325 g/mol. The maximum absolute atomic E-state index is 12.6. The molecule has 3 aromatic rings. The van der Waals surface area contributed by atoms with Crippen molar-refractivity contribution in [2.45, 2.75) is 13.0 Å². The van der Waals surface area contributed by atoms with E-state index in [0.29, 0.717) is 31.2 Å². The van der Waals surface area contributed by atoms with Crippen molar-refractivity contribution in [3.8, 4) is 0 Å². The molecule has 124 valence electrons. The number of fused-ring (bicyclic) bond motifs is 1. The molecule has 24 heavy (non-hydrogen) atoms. The zero-order valence-corrected chi connectivity index (χ0v) is 13.7. The topological polar surface area (TPSA) is 67.4 Å². The lowest BCUT2D eigenvalue weighted by atomic mass is 10.1. The van der Waals surface area contributed by atoms with Gasteiger partial charge in [0.05, 0.1) is 11.8 Å². The van der Waals surface area contributed by atoms with Crippen molar-refractivity contribution < 1.29 is 9.21 Å². The van der Waals surface area contributed by atoms with Crippen LogP contribution in [0.5, 0.6) is 0 Å². The lowest BCUT2D eigenvalue weighted by Crippen LogP contribution is -2.54. The zero-order valence-electron chi connectivity index (χ0n) is 13.7. The number of hydrogen-bond acceptors (Lipinski definition) is 5. The second kappa shape index (κ2) is 5.67. The zero-order chi connectivity index (χ0) is 16.7. The second-order valence-electron chi connectivity index (χ2n) is 6.16. The Morgan fingerprint density at radius 1 is 1.29 bits per heavy atom. The maximum Gasteiger partial charge on any atom is 0.298 e. The van der Waals surface area contributed by atoms with E-state index in [2.05, 4.69) is 15.0 Å². The van der Waals surface area contributed by atoms with Crippen LogP contribution in [0.4, 0.5) is 6.01 Å². The maximum atomic E-state index is 12.6. The lowest BCUT2D eigenvalue weighted by Gasteiger charge is -2.39. The van der Waals surface area contributed by atoms with Gasteiger partial charge in [0, 0.05) is 38.9 Å². The molecule has 0 spiro atoms. The Labute approximate surface area is 139 Å². The van der Waals surface area contributed by atoms with Crippen LogP contribution in [0.1, 0.15) is 17.3 Å². The molecular formula is C17H19N5O2. The smallest absolute Gasteiger partial charge is 0.298 e. The van der Waals surface area contributed by atoms with Crippen molar-refractivity contribution >= 4 is 23.0 Å². The van der Waals surface area contributed by atoms with Crippen LogP contribution in [0.2, 0.25) is 0 Å². The van der Waals surface area contributed by atoms with E-state index >= 15 is 0 Å². The minimum absolute atomic E-state index is 0.0211. The highest BCUT2D eigenvalue weighted by Gasteiger charge is 2.30. The number of aryl methyl sites for hydroxylation is 1. The molecular weight excluding hydrogens is 306 g/mol. The molecule has 1 saturated heterocycles. The SMILES string of the molecule is CC1CN(c2nc3ccccc3o2)CCN1C(=O)c1cnn(C)c1. The van der Waals surface area contributed by atoms with Gasteiger partial charge in [0.1, 0.15) is 5.52 Å². The van der Waals surface area contributed by atoms with Gasteiger partial charge in [-0.2, -0.15) is 10.1 Å². The largest absolute Gasteiger partial charge is 0.423 e. The summed E-state index contributed by atoms with van der Waals surface area (Å²) in [5.74, 6) is 0.0211. The number of nitrogens with zero attached hydrogens (tertiary/aromatic N) is 5. The lowest BCUT2D eigenvalue weighted by molar-refractivity contribution is 0.0671. The molecule has 0 saturated carbocycles. The summed E-state index contributed by atoms with van der Waals surface area (Å²) in [7, 11) is 1.81. The van der Waals surface area contributed by atoms with E-state index in [4.69, 9.17) is 4.42 Å². The third-order valence-electron chi connectivity index (χ3n) is 4.39. The number of carbonyl (C=O) groups is 1. The predicted octanol–water partition coefficient (Wildman–Crippen LogP) is 1.91. The quantitative estimate of drug-likeness (QED) is 0.720. The fraction of sp³-hybridized carbons (Fsp3) is 0.353. The molecule has 1 unspecified atom stereocenters. The van der Waals surface area contributed by atoms with Crippen molar-refractivity contribution in [3.05, 3.63) is 42.2 Å². The number of anilines is 1. The molecule has 1 atom stereocenters. The van der Waals surface area contributed by atoms with Crippen LogP contribution in [0.15, 0.2) is 41.1 Å². The molecule has 3 heterocycles. The van der Waals surface area contributed by atoms with Gasteiger partial charge in [-0.05, 0) is 19.1 Å². The number of aromatic nitrogens is 3. The van der Waals surface area contributed by atoms with E-state index < -0.39 is 0 Å². The number of carbonyl (C=O) groups excluding carboxylic acids is 1. The summed E-state index contributed by atoms with van der Waals surface area (Å²) in [4.78, 5) is 21.1. The first-order valence-corrected chi connectivity index (χ1v) is 8.02. The number of rotatable bonds is 2. The molecule has 4 rings (SSSR count). The minimum atomic E-state index is 0.0211. The molecule has 1 aromatic carbocycles. The fourth-order valence-electron chi connectivity index (χ4n) is 3.13. The van der Waals surface area contributed by atoms with Crippen LogP contribution < -0.4 is 4.90 Å². The van der Waals surface area contributed by atoms with Gasteiger partial charge in [-0.3, -0.25) is 9.48 Å². The van der Waals surface area contributed by atoms with Gasteiger partial charge in [-0.25, -0.2) is 0 Å². The minimum Gasteiger partial charge on any atom is -0.423 e. The Balaban J connectivity index is 1.50. The molecule has 7 heteroatoms. The summed E-state index contributed by atoms with van der Waals surface area (Å²) < 4.78 is 7.48. The first kappa shape index (κ1) is 14.7. The van der Waals surface area contributed by atoms with Gasteiger partial charge in [0.2, 0.25) is 0 Å². The van der Waals surface area contributed by atoms with Gasteiger partial charge in [-0.15, -0.1) is 0 Å². The molecule has 7 nitrogen and oxygen atoms in total. The van der Waals surface area contributed by atoms with Crippen molar-refractivity contribution in [2.75, 3.05) is 24.5 Å². The molecule has 0 radical (unpaired) electrons. The average Bonchev–Trinajstić information content (AvgIpc) is 3.20. The summed E-state index contributed by atoms with van der Waals surface area (Å²) in [6.45, 7) is 4.07. The van der Waals surface area contributed by atoms with Crippen LogP contribution in [0.25, 0.3) is 11.1 Å². The molecule has 1 fully saturated rings. The van der Waals surface area contributed by atoms with Crippen LogP contribution in [0.3, 0.4) is 0 Å². The van der Waals surface area contributed by atoms with Gasteiger partial charge < -0.3 is 14.2 Å². The van der Waals surface area contributed by atoms with Crippen LogP contribution in [0, 0.1) is 0 Å². The molecule has 0 bridgehead atoms. The number of benzene rings is 1. The highest BCUT2D eigenvalue weighted by Crippen LogP contribution is 2.24. The first-order chi connectivity index (χ1) is 11.6. The van der Waals surface area contributed by atoms with Crippen LogP contribution in [-0.4, -0.2) is 51.2 Å². The second-order valence-corrected chi connectivity index (χ2v) is 6.16. The van der Waals surface area contributed by atoms with Crippen molar-refractivity contribution in [3.63, 3.8) is 0 Å². The summed E-state index contributed by atoms with van der Waals surface area (Å²) >= 11 is 0. The monoisotopic (exact) mass is 325 g/mol. The van der Waals surface area contributed by atoms with Crippen LogP contribution >= 0.6 is 0 Å². The molecule has 2 aromatic heterocycles. The number of para-hydroxylation sites is 2. The summed E-state index contributed by atoms with van der Waals surface area (Å²) in [5.41, 5.74) is 2.27. The Hall–Kier alpha value is -2.83. The van der Waals surface area contributed by atoms with E-state index in [9.17, 15) is 4.79 Å². The van der Waals surface area contributed by atoms with E-state index in [-0.39, 0.29) is 11.9 Å². The normalized spacial score (nSPS) is 18.3. The van der Waals surface area contributed by atoms with E-state index in [1.54, 1.807) is 17.1 Å². The Morgan fingerprint density at radius 2 is 2.12 bits per heavy atom. The number of piperazine rings is 1. The molecule has 1 aliphatic heterocycles. The summed E-state index contributed by atoms with van der Waals surface area (Å²) in [6.07, 6.45) is 3.37. The van der Waals surface area contributed by atoms with E-state index in [1.807, 2.05) is 43.1 Å². The molecule has 0 aliphatic carbocycles. The highest BCUT2D eigenvalue weighted by molar-refractivity contribution is 5.94. The van der Waals surface area contributed by atoms with E-state index in [0.717, 1.165) is 11.1 Å². The predicted molar refractivity (Wildman–Crippen MR) is 89.9 cm³/mol. The molecule has 0 N–H and O–H groups in total. The number of hydrogen-bond donors (Lipinski definition) is 0. The van der Waals surface area contributed by atoms with Gasteiger partial charge in [-0.1, -0.05) is 12.1 Å². The van der Waals surface area contributed by atoms with Crippen molar-refractivity contribution in [1.29, 1.82) is 0 Å². The number of amides is 1. The van der Waals surface area contributed by atoms with Crippen molar-refractivity contribution in [2.24, 2.45) is 7.05 Å². The third kappa shape index (κ3) is 2.51. The number of oxazole rings is 1. The standard InChI is InChI=1S/C17H19N5O2/c1-12-10-21(17-19-14-5-3-4-6-15(14)24-17)7-8-22(12)16(23)13-9-18-20(2)11-13/h3-6,9,11-12H,7-8,10H2,1-2H3. The Bertz CT molecular complexity index is 851. The van der Waals surface area contributed by atoms with Gasteiger partial charge in [0.15, 0.2) is 5.58 Å². The first-order valence-electron chi connectivity index (χ1n) is 8.02. The summed E-state index contributed by atoms with van der Waals surface area (Å²) in [5, 5.41) is 4.08. The van der Waals surface area contributed by atoms with Gasteiger partial charge >= 0.3 is 0 Å². The molecule has 1 amide bonds. The van der Waals surface area contributed by atoms with Gasteiger partial charge in [0.25, 0.3) is 11.9 Å².